The van der Waals surface area contributed by atoms with E-state index in [-0.39, 0.29) is 11.6 Å². The Morgan fingerprint density at radius 1 is 0.692 bits per heavy atom. The third-order valence-electron chi connectivity index (χ3n) is 5.82. The molecule has 0 spiro atoms. The van der Waals surface area contributed by atoms with E-state index in [0.29, 0.717) is 22.5 Å². The molecule has 2 aromatic heterocycles. The Morgan fingerprint density at radius 3 is 1.87 bits per heavy atom. The number of hydrogen-bond acceptors (Lipinski definition) is 8. The second kappa shape index (κ2) is 11.1. The van der Waals surface area contributed by atoms with Gasteiger partial charge in [-0.1, -0.05) is 58.8 Å². The molecule has 0 aliphatic rings. The largest absolute Gasteiger partial charge is 0.397 e. The van der Waals surface area contributed by atoms with Gasteiger partial charge in [-0.3, -0.25) is 14.4 Å². The van der Waals surface area contributed by atoms with Gasteiger partial charge in [0.1, 0.15) is 18.4 Å². The fourth-order valence-corrected chi connectivity index (χ4v) is 3.87. The molecule has 11 heteroatoms. The Balaban J connectivity index is 1.35. The first-order valence-electron chi connectivity index (χ1n) is 11.8. The number of hydrogen-bond donors (Lipinski definition) is 4. The lowest BCUT2D eigenvalue weighted by atomic mass is 9.95. The van der Waals surface area contributed by atoms with Crippen molar-refractivity contribution >= 4 is 40.7 Å². The maximum atomic E-state index is 13.0. The van der Waals surface area contributed by atoms with Gasteiger partial charge in [-0.15, -0.1) is 0 Å². The second-order valence-corrected chi connectivity index (χ2v) is 8.43. The van der Waals surface area contributed by atoms with Crippen molar-refractivity contribution in [2.24, 2.45) is 0 Å². The van der Waals surface area contributed by atoms with Gasteiger partial charge in [-0.2, -0.15) is 0 Å². The van der Waals surface area contributed by atoms with Gasteiger partial charge >= 0.3 is 0 Å². The van der Waals surface area contributed by atoms with Crippen LogP contribution in [0.25, 0.3) is 11.1 Å². The van der Waals surface area contributed by atoms with Gasteiger partial charge in [-0.05, 0) is 41.0 Å². The van der Waals surface area contributed by atoms with E-state index < -0.39 is 23.6 Å². The number of nitrogens with zero attached hydrogens (tertiary/aromatic N) is 2. The van der Waals surface area contributed by atoms with Gasteiger partial charge in [-0.25, -0.2) is 0 Å². The standard InChI is InChI=1S/C28H22N6O5/c29-21-11-10-20(17-4-2-1-3-5-17)16-22(21)30-26(35)19-8-6-18(7-9-19)25(27(36)31-23-12-14-38-33-23)28(37)32-24-13-15-39-34-24/h1-16,25H,29H2,(H,30,35)(H,31,33,36)(H,32,34,37). The summed E-state index contributed by atoms with van der Waals surface area (Å²) in [5.41, 5.74) is 9.49. The normalized spacial score (nSPS) is 10.7. The zero-order chi connectivity index (χ0) is 27.2. The molecule has 0 fully saturated rings. The van der Waals surface area contributed by atoms with Crippen molar-refractivity contribution in [2.75, 3.05) is 21.7 Å². The van der Waals surface area contributed by atoms with Crippen LogP contribution in [-0.2, 0) is 9.59 Å². The van der Waals surface area contributed by atoms with Gasteiger partial charge in [0.2, 0.25) is 11.8 Å². The van der Waals surface area contributed by atoms with Gasteiger partial charge < -0.3 is 30.7 Å². The van der Waals surface area contributed by atoms with Crippen molar-refractivity contribution in [3.8, 4) is 11.1 Å². The molecule has 5 aromatic rings. The third-order valence-corrected chi connectivity index (χ3v) is 5.82. The average molecular weight is 523 g/mol. The van der Waals surface area contributed by atoms with Crippen LogP contribution in [0.3, 0.4) is 0 Å². The van der Waals surface area contributed by atoms with Gasteiger partial charge in [0.05, 0.1) is 11.4 Å². The maximum absolute atomic E-state index is 13.0. The molecular formula is C28H22N6O5. The molecule has 0 radical (unpaired) electrons. The van der Waals surface area contributed by atoms with Gasteiger partial charge in [0, 0.05) is 17.7 Å². The summed E-state index contributed by atoms with van der Waals surface area (Å²) in [5, 5.41) is 15.2. The molecule has 5 N–H and O–H groups in total. The molecule has 3 amide bonds. The number of carbonyl (C=O) groups is 3. The average Bonchev–Trinajstić information content (AvgIpc) is 3.65. The zero-order valence-electron chi connectivity index (χ0n) is 20.3. The van der Waals surface area contributed by atoms with Crippen molar-refractivity contribution in [2.45, 2.75) is 5.92 Å². The van der Waals surface area contributed by atoms with Crippen molar-refractivity contribution < 1.29 is 23.4 Å². The fraction of sp³-hybridized carbons (Fsp3) is 0.0357. The molecule has 0 saturated heterocycles. The lowest BCUT2D eigenvalue weighted by Gasteiger charge is -2.16. The van der Waals surface area contributed by atoms with Crippen LogP contribution in [0.15, 0.2) is 107 Å². The van der Waals surface area contributed by atoms with Crippen LogP contribution in [0, 0.1) is 0 Å². The Labute approximate surface area is 222 Å². The number of carbonyl (C=O) groups excluding carboxylic acids is 3. The first-order valence-corrected chi connectivity index (χ1v) is 11.8. The number of aromatic nitrogens is 2. The van der Waals surface area contributed by atoms with Crippen molar-refractivity contribution in [1.82, 2.24) is 10.3 Å². The SMILES string of the molecule is Nc1ccc(-c2ccccc2)cc1NC(=O)c1ccc(C(C(=O)Nc2ccon2)C(=O)Nc2ccon2)cc1. The van der Waals surface area contributed by atoms with Crippen LogP contribution in [0.2, 0.25) is 0 Å². The molecule has 0 bridgehead atoms. The number of nitrogens with one attached hydrogen (secondary N) is 3. The van der Waals surface area contributed by atoms with Crippen LogP contribution in [0.4, 0.5) is 23.0 Å². The highest BCUT2D eigenvalue weighted by Crippen LogP contribution is 2.28. The molecule has 39 heavy (non-hydrogen) atoms. The predicted molar refractivity (Wildman–Crippen MR) is 144 cm³/mol. The van der Waals surface area contributed by atoms with Crippen LogP contribution >= 0.6 is 0 Å². The second-order valence-electron chi connectivity index (χ2n) is 8.43. The van der Waals surface area contributed by atoms with Crippen molar-refractivity contribution in [3.63, 3.8) is 0 Å². The summed E-state index contributed by atoms with van der Waals surface area (Å²) < 4.78 is 9.47. The molecule has 194 valence electrons. The summed E-state index contributed by atoms with van der Waals surface area (Å²) in [4.78, 5) is 39.1. The molecule has 2 heterocycles. The number of amides is 3. The smallest absolute Gasteiger partial charge is 0.255 e. The van der Waals surface area contributed by atoms with E-state index in [9.17, 15) is 14.4 Å². The summed E-state index contributed by atoms with van der Waals surface area (Å²) in [6.45, 7) is 0. The molecule has 0 aliphatic heterocycles. The molecule has 3 aromatic carbocycles. The molecule has 0 unspecified atom stereocenters. The van der Waals surface area contributed by atoms with Gasteiger partial charge in [0.25, 0.3) is 5.91 Å². The minimum absolute atomic E-state index is 0.144. The molecule has 0 atom stereocenters. The third kappa shape index (κ3) is 5.83. The summed E-state index contributed by atoms with van der Waals surface area (Å²) in [5.74, 6) is -2.74. The Hall–Kier alpha value is -5.71. The number of anilines is 4. The Kier molecular flexibility index (Phi) is 7.13. The number of rotatable bonds is 8. The first kappa shape index (κ1) is 25.0. The quantitative estimate of drug-likeness (QED) is 0.170. The highest BCUT2D eigenvalue weighted by molar-refractivity contribution is 6.15. The lowest BCUT2D eigenvalue weighted by Crippen LogP contribution is -2.32. The van der Waals surface area contributed by atoms with E-state index in [2.05, 4.69) is 26.3 Å². The summed E-state index contributed by atoms with van der Waals surface area (Å²) in [7, 11) is 0. The van der Waals surface area contributed by atoms with E-state index in [0.717, 1.165) is 11.1 Å². The van der Waals surface area contributed by atoms with E-state index in [4.69, 9.17) is 14.8 Å². The van der Waals surface area contributed by atoms with E-state index in [1.165, 1.54) is 48.9 Å². The Bertz CT molecular complexity index is 1540. The van der Waals surface area contributed by atoms with E-state index in [1.807, 2.05) is 36.4 Å². The molecule has 5 rings (SSSR count). The summed E-state index contributed by atoms with van der Waals surface area (Å²) >= 11 is 0. The topological polar surface area (TPSA) is 165 Å². The van der Waals surface area contributed by atoms with E-state index in [1.54, 1.807) is 12.1 Å². The Morgan fingerprint density at radius 2 is 1.31 bits per heavy atom. The van der Waals surface area contributed by atoms with Crippen LogP contribution in [0.1, 0.15) is 21.8 Å². The monoisotopic (exact) mass is 522 g/mol. The van der Waals surface area contributed by atoms with Crippen LogP contribution in [-0.4, -0.2) is 28.0 Å². The predicted octanol–water partition coefficient (Wildman–Crippen LogP) is 4.53. The maximum Gasteiger partial charge on any atom is 0.255 e. The molecule has 11 nitrogen and oxygen atoms in total. The van der Waals surface area contributed by atoms with E-state index >= 15 is 0 Å². The highest BCUT2D eigenvalue weighted by atomic mass is 16.5. The minimum atomic E-state index is -1.30. The highest BCUT2D eigenvalue weighted by Gasteiger charge is 2.30. The fourth-order valence-electron chi connectivity index (χ4n) is 3.87. The van der Waals surface area contributed by atoms with Gasteiger partial charge in [0.15, 0.2) is 11.6 Å². The number of nitrogen functional groups attached to an aromatic ring is 1. The number of benzene rings is 3. The minimum Gasteiger partial charge on any atom is -0.397 e. The van der Waals surface area contributed by atoms with Crippen molar-refractivity contribution in [1.29, 1.82) is 0 Å². The van der Waals surface area contributed by atoms with Crippen LogP contribution in [0.5, 0.6) is 0 Å². The first-order chi connectivity index (χ1) is 19.0. The van der Waals surface area contributed by atoms with Crippen molar-refractivity contribution in [3.05, 3.63) is 109 Å². The lowest BCUT2D eigenvalue weighted by molar-refractivity contribution is -0.126. The van der Waals surface area contributed by atoms with Crippen LogP contribution < -0.4 is 21.7 Å². The molecular weight excluding hydrogens is 500 g/mol. The zero-order valence-corrected chi connectivity index (χ0v) is 20.3. The number of nitrogens with two attached hydrogens (primary N) is 1. The summed E-state index contributed by atoms with van der Waals surface area (Å²) in [6, 6.07) is 24.1. The molecule has 0 saturated carbocycles. The summed E-state index contributed by atoms with van der Waals surface area (Å²) in [6.07, 6.45) is 2.57. The molecule has 0 aliphatic carbocycles.